The molecule has 2 atom stereocenters. The van der Waals surface area contributed by atoms with Gasteiger partial charge in [-0.05, 0) is 42.3 Å². The summed E-state index contributed by atoms with van der Waals surface area (Å²) in [6.07, 6.45) is -0.992. The van der Waals surface area contributed by atoms with E-state index in [1.165, 1.54) is 14.2 Å². The molecular weight excluding hydrogens is 428 g/mol. The van der Waals surface area contributed by atoms with Crippen molar-refractivity contribution < 1.29 is 33.6 Å². The van der Waals surface area contributed by atoms with Crippen LogP contribution < -0.4 is 29.6 Å². The van der Waals surface area contributed by atoms with Crippen molar-refractivity contribution >= 4 is 11.8 Å². The van der Waals surface area contributed by atoms with Gasteiger partial charge in [-0.2, -0.15) is 0 Å². The summed E-state index contributed by atoms with van der Waals surface area (Å²) in [5.74, 6) is 0.975. The average Bonchev–Trinajstić information content (AvgIpc) is 2.83. The second-order valence-electron chi connectivity index (χ2n) is 7.63. The fourth-order valence-corrected chi connectivity index (χ4v) is 3.03. The van der Waals surface area contributed by atoms with Crippen LogP contribution in [0.15, 0.2) is 42.5 Å². The molecule has 0 saturated heterocycles. The average molecular weight is 461 g/mol. The summed E-state index contributed by atoms with van der Waals surface area (Å²) in [4.78, 5) is 25.3. The van der Waals surface area contributed by atoms with Gasteiger partial charge in [0, 0.05) is 12.1 Å². The maximum Gasteiger partial charge on any atom is 0.251 e. The normalized spacial score (nSPS) is 12.5. The number of ether oxygens (including phenoxy) is 4. The zero-order valence-corrected chi connectivity index (χ0v) is 19.6. The largest absolute Gasteiger partial charge is 0.497 e. The Labute approximate surface area is 194 Å². The van der Waals surface area contributed by atoms with E-state index in [1.54, 1.807) is 49.6 Å². The number of methoxy groups -OCH3 is 3. The predicted octanol–water partition coefficient (Wildman–Crippen LogP) is 2.02. The Balaban J connectivity index is 1.91. The van der Waals surface area contributed by atoms with Crippen molar-refractivity contribution in [3.05, 3.63) is 48.0 Å². The van der Waals surface area contributed by atoms with Crippen molar-refractivity contribution in [2.75, 3.05) is 34.5 Å². The van der Waals surface area contributed by atoms with Crippen molar-refractivity contribution in [3.8, 4) is 23.0 Å². The number of nitrogens with one attached hydrogen (secondary N) is 2. The summed E-state index contributed by atoms with van der Waals surface area (Å²) in [5.41, 5.74) is 0.411. The molecule has 0 spiro atoms. The van der Waals surface area contributed by atoms with Gasteiger partial charge in [0.05, 0.1) is 21.3 Å². The Hall–Kier alpha value is -3.46. The monoisotopic (exact) mass is 460 g/mol. The third-order valence-corrected chi connectivity index (χ3v) is 4.90. The fourth-order valence-electron chi connectivity index (χ4n) is 3.03. The van der Waals surface area contributed by atoms with Gasteiger partial charge in [-0.1, -0.05) is 19.9 Å². The van der Waals surface area contributed by atoms with Gasteiger partial charge in [0.15, 0.2) is 11.5 Å². The number of rotatable bonds is 12. The summed E-state index contributed by atoms with van der Waals surface area (Å²) in [7, 11) is 4.55. The second-order valence-corrected chi connectivity index (χ2v) is 7.63. The third kappa shape index (κ3) is 7.28. The predicted molar refractivity (Wildman–Crippen MR) is 123 cm³/mol. The standard InChI is InChI=1S/C24H32N2O7/c1-15(2)21(26-23(28)16-9-11-18(30-3)12-10-16)24(29)25-13-17(27)14-33-22-19(31-4)7-6-8-20(22)32-5/h6-12,15,17,21,27H,13-14H2,1-5H3,(H,25,29)(H,26,28). The van der Waals surface area contributed by atoms with Gasteiger partial charge >= 0.3 is 0 Å². The second kappa shape index (κ2) is 12.5. The molecule has 0 fully saturated rings. The Morgan fingerprint density at radius 1 is 0.939 bits per heavy atom. The maximum absolute atomic E-state index is 12.7. The van der Waals surface area contributed by atoms with E-state index >= 15 is 0 Å². The lowest BCUT2D eigenvalue weighted by atomic mass is 10.0. The van der Waals surface area contributed by atoms with Crippen LogP contribution in [-0.4, -0.2) is 63.5 Å². The minimum Gasteiger partial charge on any atom is -0.497 e. The van der Waals surface area contributed by atoms with Crippen molar-refractivity contribution in [3.63, 3.8) is 0 Å². The molecule has 2 unspecified atom stereocenters. The Kier molecular flexibility index (Phi) is 9.81. The van der Waals surface area contributed by atoms with E-state index in [2.05, 4.69) is 10.6 Å². The van der Waals surface area contributed by atoms with Crippen molar-refractivity contribution in [2.24, 2.45) is 5.92 Å². The lowest BCUT2D eigenvalue weighted by molar-refractivity contribution is -0.124. The van der Waals surface area contributed by atoms with Crippen LogP contribution in [0.5, 0.6) is 23.0 Å². The van der Waals surface area contributed by atoms with Crippen LogP contribution in [0.2, 0.25) is 0 Å². The number of benzene rings is 2. The molecule has 9 heteroatoms. The molecule has 2 rings (SSSR count). The van der Waals surface area contributed by atoms with Gasteiger partial charge in [0.25, 0.3) is 5.91 Å². The molecule has 180 valence electrons. The van der Waals surface area contributed by atoms with Crippen LogP contribution in [0.3, 0.4) is 0 Å². The SMILES string of the molecule is COc1ccc(C(=O)NC(C(=O)NCC(O)COc2c(OC)cccc2OC)C(C)C)cc1. The first kappa shape index (κ1) is 25.8. The van der Waals surface area contributed by atoms with E-state index in [1.807, 2.05) is 13.8 Å². The van der Waals surface area contributed by atoms with E-state index in [0.29, 0.717) is 28.6 Å². The van der Waals surface area contributed by atoms with Gasteiger partial charge in [-0.25, -0.2) is 0 Å². The highest BCUT2D eigenvalue weighted by Crippen LogP contribution is 2.36. The topological polar surface area (TPSA) is 115 Å². The number of carbonyl (C=O) groups is 2. The van der Waals surface area contributed by atoms with E-state index in [4.69, 9.17) is 18.9 Å². The van der Waals surface area contributed by atoms with Crippen LogP contribution in [-0.2, 0) is 4.79 Å². The molecule has 3 N–H and O–H groups in total. The van der Waals surface area contributed by atoms with Gasteiger partial charge in [0.2, 0.25) is 11.7 Å². The van der Waals surface area contributed by atoms with Crippen molar-refractivity contribution in [1.82, 2.24) is 10.6 Å². The Morgan fingerprint density at radius 2 is 1.55 bits per heavy atom. The summed E-state index contributed by atoms with van der Waals surface area (Å²) < 4.78 is 21.3. The molecule has 0 aliphatic carbocycles. The maximum atomic E-state index is 12.7. The molecule has 0 radical (unpaired) electrons. The first-order valence-corrected chi connectivity index (χ1v) is 10.5. The number of para-hydroxylation sites is 1. The first-order chi connectivity index (χ1) is 15.8. The number of carbonyl (C=O) groups excluding carboxylic acids is 2. The first-order valence-electron chi connectivity index (χ1n) is 10.5. The van der Waals surface area contributed by atoms with Gasteiger partial charge in [-0.15, -0.1) is 0 Å². The molecule has 0 saturated carbocycles. The highest BCUT2D eigenvalue weighted by molar-refractivity contribution is 5.97. The fraction of sp³-hybridized carbons (Fsp3) is 0.417. The summed E-state index contributed by atoms with van der Waals surface area (Å²) in [5, 5.41) is 15.7. The van der Waals surface area contributed by atoms with Gasteiger partial charge < -0.3 is 34.7 Å². The minimum absolute atomic E-state index is 0.0576. The van der Waals surface area contributed by atoms with E-state index < -0.39 is 18.1 Å². The zero-order valence-electron chi connectivity index (χ0n) is 19.6. The minimum atomic E-state index is -0.992. The lowest BCUT2D eigenvalue weighted by Gasteiger charge is -2.23. The summed E-state index contributed by atoms with van der Waals surface area (Å²) >= 11 is 0. The molecule has 0 aliphatic heterocycles. The van der Waals surface area contributed by atoms with Crippen LogP contribution in [0.25, 0.3) is 0 Å². The molecule has 2 aromatic rings. The van der Waals surface area contributed by atoms with Crippen LogP contribution in [0, 0.1) is 5.92 Å². The Morgan fingerprint density at radius 3 is 2.06 bits per heavy atom. The van der Waals surface area contributed by atoms with Crippen LogP contribution >= 0.6 is 0 Å². The summed E-state index contributed by atoms with van der Waals surface area (Å²) in [6, 6.07) is 11.0. The lowest BCUT2D eigenvalue weighted by Crippen LogP contribution is -2.51. The van der Waals surface area contributed by atoms with Crippen LogP contribution in [0.4, 0.5) is 0 Å². The van der Waals surface area contributed by atoms with Gasteiger partial charge in [0.1, 0.15) is 24.5 Å². The third-order valence-electron chi connectivity index (χ3n) is 4.90. The van der Waals surface area contributed by atoms with Crippen LogP contribution in [0.1, 0.15) is 24.2 Å². The van der Waals surface area contributed by atoms with E-state index in [9.17, 15) is 14.7 Å². The molecular formula is C24H32N2O7. The Bertz CT molecular complexity index is 893. The number of aliphatic hydroxyl groups is 1. The number of hydrogen-bond donors (Lipinski definition) is 3. The molecule has 0 aliphatic rings. The smallest absolute Gasteiger partial charge is 0.251 e. The van der Waals surface area contributed by atoms with E-state index in [-0.39, 0.29) is 25.0 Å². The highest BCUT2D eigenvalue weighted by atomic mass is 16.5. The molecule has 2 aromatic carbocycles. The molecule has 0 heterocycles. The molecule has 9 nitrogen and oxygen atoms in total. The molecule has 0 aromatic heterocycles. The van der Waals surface area contributed by atoms with Gasteiger partial charge in [-0.3, -0.25) is 9.59 Å². The molecule has 0 bridgehead atoms. The van der Waals surface area contributed by atoms with Crippen molar-refractivity contribution in [2.45, 2.75) is 26.0 Å². The quantitative estimate of drug-likeness (QED) is 0.444. The molecule has 33 heavy (non-hydrogen) atoms. The van der Waals surface area contributed by atoms with E-state index in [0.717, 1.165) is 0 Å². The number of amides is 2. The van der Waals surface area contributed by atoms with Crippen molar-refractivity contribution in [1.29, 1.82) is 0 Å². The highest BCUT2D eigenvalue weighted by Gasteiger charge is 2.25. The zero-order chi connectivity index (χ0) is 24.4. The number of hydrogen-bond acceptors (Lipinski definition) is 7. The molecule has 2 amide bonds. The number of aliphatic hydroxyl groups excluding tert-OH is 1. The summed E-state index contributed by atoms with van der Waals surface area (Å²) in [6.45, 7) is 3.50.